The molecule has 0 spiro atoms. The second kappa shape index (κ2) is 5.71. The van der Waals surface area contributed by atoms with Crippen LogP contribution in [0.5, 0.6) is 0 Å². The molecule has 110 valence electrons. The molecule has 2 rings (SSSR count). The molecule has 0 atom stereocenters. The second-order valence-corrected chi connectivity index (χ2v) is 6.15. The Morgan fingerprint density at radius 2 is 1.86 bits per heavy atom. The van der Waals surface area contributed by atoms with Crippen molar-refractivity contribution in [1.29, 1.82) is 0 Å². The lowest BCUT2D eigenvalue weighted by Gasteiger charge is -2.11. The van der Waals surface area contributed by atoms with Crippen LogP contribution in [0.3, 0.4) is 0 Å². The van der Waals surface area contributed by atoms with Crippen molar-refractivity contribution in [3.05, 3.63) is 58.9 Å². The van der Waals surface area contributed by atoms with Gasteiger partial charge in [0.15, 0.2) is 0 Å². The lowest BCUT2D eigenvalue weighted by molar-refractivity contribution is 0.0697. The highest BCUT2D eigenvalue weighted by Gasteiger charge is 2.21. The normalized spacial score (nSPS) is 11.1. The molecule has 2 N–H and O–H groups in total. The van der Waals surface area contributed by atoms with Gasteiger partial charge in [-0.25, -0.2) is 17.6 Å². The number of nitrogens with one attached hydrogen (secondary N) is 1. The molecule has 5 nitrogen and oxygen atoms in total. The summed E-state index contributed by atoms with van der Waals surface area (Å²) < 4.78 is 40.0. The number of carbonyl (C=O) groups is 1. The van der Waals surface area contributed by atoms with Crippen LogP contribution in [0.15, 0.2) is 47.4 Å². The molecule has 0 aliphatic heterocycles. The van der Waals surface area contributed by atoms with Crippen LogP contribution in [0.25, 0.3) is 0 Å². The van der Waals surface area contributed by atoms with Gasteiger partial charge in [-0.1, -0.05) is 23.7 Å². The van der Waals surface area contributed by atoms with Crippen molar-refractivity contribution in [1.82, 2.24) is 0 Å². The van der Waals surface area contributed by atoms with Crippen molar-refractivity contribution in [3.8, 4) is 0 Å². The number of sulfonamides is 1. The van der Waals surface area contributed by atoms with Crippen LogP contribution in [-0.2, 0) is 10.0 Å². The van der Waals surface area contributed by atoms with Gasteiger partial charge in [0.1, 0.15) is 5.82 Å². The lowest BCUT2D eigenvalue weighted by atomic mass is 10.2. The summed E-state index contributed by atoms with van der Waals surface area (Å²) in [7, 11) is -4.15. The minimum atomic E-state index is -4.15. The summed E-state index contributed by atoms with van der Waals surface area (Å²) in [5.41, 5.74) is -1.11. The van der Waals surface area contributed by atoms with E-state index in [2.05, 4.69) is 0 Å². The Kier molecular flexibility index (Phi) is 4.15. The third-order valence-electron chi connectivity index (χ3n) is 2.59. The zero-order valence-corrected chi connectivity index (χ0v) is 12.0. The van der Waals surface area contributed by atoms with Crippen molar-refractivity contribution in [2.75, 3.05) is 4.72 Å². The van der Waals surface area contributed by atoms with E-state index in [9.17, 15) is 17.6 Å². The zero-order valence-electron chi connectivity index (χ0n) is 10.4. The molecule has 0 aliphatic carbocycles. The smallest absolute Gasteiger partial charge is 0.337 e. The Hall–Kier alpha value is -2.12. The fourth-order valence-corrected chi connectivity index (χ4v) is 3.02. The SMILES string of the molecule is O=C(O)c1cccc(F)c1NS(=O)(=O)c1cccc(Cl)c1. The molecule has 0 fully saturated rings. The summed E-state index contributed by atoms with van der Waals surface area (Å²) in [6.45, 7) is 0. The van der Waals surface area contributed by atoms with Crippen molar-refractivity contribution >= 4 is 33.3 Å². The number of hydrogen-bond donors (Lipinski definition) is 2. The Labute approximate surface area is 125 Å². The van der Waals surface area contributed by atoms with Gasteiger partial charge < -0.3 is 5.11 Å². The van der Waals surface area contributed by atoms with E-state index < -0.39 is 33.1 Å². The van der Waals surface area contributed by atoms with Gasteiger partial charge in [-0.05, 0) is 30.3 Å². The monoisotopic (exact) mass is 329 g/mol. The average Bonchev–Trinajstić information content (AvgIpc) is 2.40. The first-order valence-electron chi connectivity index (χ1n) is 5.61. The van der Waals surface area contributed by atoms with E-state index in [1.165, 1.54) is 30.3 Å². The third kappa shape index (κ3) is 3.32. The number of carboxylic acids is 1. The minimum Gasteiger partial charge on any atom is -0.478 e. The van der Waals surface area contributed by atoms with Gasteiger partial charge in [-0.15, -0.1) is 0 Å². The van der Waals surface area contributed by atoms with E-state index in [-0.39, 0.29) is 9.92 Å². The minimum absolute atomic E-state index is 0.185. The molecule has 0 bridgehead atoms. The molecule has 0 aliphatic rings. The molecule has 0 saturated heterocycles. The Morgan fingerprint density at radius 3 is 2.48 bits per heavy atom. The fourth-order valence-electron chi connectivity index (χ4n) is 1.63. The summed E-state index contributed by atoms with van der Waals surface area (Å²) in [5.74, 6) is -2.43. The number of carboxylic acid groups (broad SMARTS) is 1. The van der Waals surface area contributed by atoms with Gasteiger partial charge in [0.2, 0.25) is 0 Å². The van der Waals surface area contributed by atoms with Gasteiger partial charge in [-0.2, -0.15) is 0 Å². The maximum absolute atomic E-state index is 13.7. The zero-order chi connectivity index (χ0) is 15.6. The second-order valence-electron chi connectivity index (χ2n) is 4.03. The Morgan fingerprint density at radius 1 is 1.19 bits per heavy atom. The molecular weight excluding hydrogens is 321 g/mol. The Balaban J connectivity index is 2.49. The topological polar surface area (TPSA) is 83.5 Å². The standard InChI is InChI=1S/C13H9ClFNO4S/c14-8-3-1-4-9(7-8)21(19,20)16-12-10(13(17)18)5-2-6-11(12)15/h1-7,16H,(H,17,18). The number of aromatic carboxylic acids is 1. The summed E-state index contributed by atoms with van der Waals surface area (Å²) >= 11 is 5.71. The van der Waals surface area contributed by atoms with Gasteiger partial charge in [-0.3, -0.25) is 4.72 Å². The van der Waals surface area contributed by atoms with Crippen LogP contribution >= 0.6 is 11.6 Å². The number of rotatable bonds is 4. The van der Waals surface area contributed by atoms with Gasteiger partial charge in [0.05, 0.1) is 16.1 Å². The first kappa shape index (κ1) is 15.3. The molecule has 0 unspecified atom stereocenters. The highest BCUT2D eigenvalue weighted by molar-refractivity contribution is 7.92. The van der Waals surface area contributed by atoms with Gasteiger partial charge >= 0.3 is 5.97 Å². The van der Waals surface area contributed by atoms with Gasteiger partial charge in [0, 0.05) is 5.02 Å². The van der Waals surface area contributed by atoms with Crippen LogP contribution in [0.1, 0.15) is 10.4 Å². The predicted octanol–water partition coefficient (Wildman–Crippen LogP) is 2.98. The van der Waals surface area contributed by atoms with Crippen LogP contribution < -0.4 is 4.72 Å². The molecule has 2 aromatic rings. The lowest BCUT2D eigenvalue weighted by Crippen LogP contribution is -2.16. The molecule has 21 heavy (non-hydrogen) atoms. The van der Waals surface area contributed by atoms with Crippen LogP contribution in [0, 0.1) is 5.82 Å². The number of benzene rings is 2. The molecule has 0 amide bonds. The molecule has 2 aromatic carbocycles. The van der Waals surface area contributed by atoms with Crippen molar-refractivity contribution in [2.45, 2.75) is 4.90 Å². The summed E-state index contributed by atoms with van der Waals surface area (Å²) in [4.78, 5) is 10.8. The number of hydrogen-bond acceptors (Lipinski definition) is 3. The first-order chi connectivity index (χ1) is 9.81. The van der Waals surface area contributed by atoms with E-state index in [0.717, 1.165) is 12.1 Å². The molecule has 0 aromatic heterocycles. The number of anilines is 1. The van der Waals surface area contributed by atoms with Crippen molar-refractivity contribution in [2.24, 2.45) is 0 Å². The molecule has 0 radical (unpaired) electrons. The quantitative estimate of drug-likeness (QED) is 0.903. The number of halogens is 2. The molecule has 0 heterocycles. The van der Waals surface area contributed by atoms with Crippen LogP contribution in [0.2, 0.25) is 5.02 Å². The van der Waals surface area contributed by atoms with Crippen LogP contribution in [-0.4, -0.2) is 19.5 Å². The van der Waals surface area contributed by atoms with Gasteiger partial charge in [0.25, 0.3) is 10.0 Å². The average molecular weight is 330 g/mol. The molecule has 8 heteroatoms. The Bertz CT molecular complexity index is 808. The highest BCUT2D eigenvalue weighted by Crippen LogP contribution is 2.24. The predicted molar refractivity (Wildman–Crippen MR) is 75.6 cm³/mol. The van der Waals surface area contributed by atoms with Crippen LogP contribution in [0.4, 0.5) is 10.1 Å². The summed E-state index contributed by atoms with van der Waals surface area (Å²) in [6, 6.07) is 8.56. The maximum Gasteiger partial charge on any atom is 0.337 e. The highest BCUT2D eigenvalue weighted by atomic mass is 35.5. The van der Waals surface area contributed by atoms with Crippen molar-refractivity contribution in [3.63, 3.8) is 0 Å². The fraction of sp³-hybridized carbons (Fsp3) is 0. The van der Waals surface area contributed by atoms with E-state index in [0.29, 0.717) is 0 Å². The maximum atomic E-state index is 13.7. The summed E-state index contributed by atoms with van der Waals surface area (Å²) in [6.07, 6.45) is 0. The van der Waals surface area contributed by atoms with E-state index in [1.807, 2.05) is 4.72 Å². The van der Waals surface area contributed by atoms with E-state index in [1.54, 1.807) is 0 Å². The van der Waals surface area contributed by atoms with Crippen molar-refractivity contribution < 1.29 is 22.7 Å². The summed E-state index contributed by atoms with van der Waals surface area (Å²) in [5, 5.41) is 9.16. The molecule has 0 saturated carbocycles. The largest absolute Gasteiger partial charge is 0.478 e. The number of para-hydroxylation sites is 1. The first-order valence-corrected chi connectivity index (χ1v) is 7.47. The van der Waals surface area contributed by atoms with E-state index >= 15 is 0 Å². The third-order valence-corrected chi connectivity index (χ3v) is 4.17. The van der Waals surface area contributed by atoms with E-state index in [4.69, 9.17) is 16.7 Å². The molecular formula is C13H9ClFNO4S.